The average molecular weight is 397 g/mol. The zero-order chi connectivity index (χ0) is 17.5. The number of likely N-dealkylation sites (tertiary alicyclic amines) is 1. The maximum absolute atomic E-state index is 12.2. The number of hydrogen-bond acceptors (Lipinski definition) is 3. The van der Waals surface area contributed by atoms with E-state index in [0.29, 0.717) is 18.4 Å². The molecule has 2 unspecified atom stereocenters. The van der Waals surface area contributed by atoms with Crippen LogP contribution in [0.15, 0.2) is 28.7 Å². The maximum atomic E-state index is 12.2. The Morgan fingerprint density at radius 2 is 1.96 bits per heavy atom. The van der Waals surface area contributed by atoms with Crippen molar-refractivity contribution in [2.45, 2.75) is 26.8 Å². The molecule has 2 atom stereocenters. The monoisotopic (exact) mass is 396 g/mol. The Bertz CT molecular complexity index is 569. The van der Waals surface area contributed by atoms with Gasteiger partial charge in [-0.25, -0.2) is 0 Å². The molecule has 1 N–H and O–H groups in total. The van der Waals surface area contributed by atoms with E-state index in [9.17, 15) is 9.59 Å². The Morgan fingerprint density at radius 3 is 2.62 bits per heavy atom. The summed E-state index contributed by atoms with van der Waals surface area (Å²) in [7, 11) is 0. The normalized spacial score (nSPS) is 20.7. The zero-order valence-corrected chi connectivity index (χ0v) is 15.8. The van der Waals surface area contributed by atoms with Crippen LogP contribution in [0.3, 0.4) is 0 Å². The molecule has 6 heteroatoms. The van der Waals surface area contributed by atoms with E-state index in [-0.39, 0.29) is 25.0 Å². The first-order chi connectivity index (χ1) is 11.4. The van der Waals surface area contributed by atoms with Gasteiger partial charge in [-0.2, -0.15) is 0 Å². The number of nitrogens with one attached hydrogen (secondary N) is 1. The van der Waals surface area contributed by atoms with Gasteiger partial charge in [-0.15, -0.1) is 0 Å². The molecule has 0 aromatic heterocycles. The van der Waals surface area contributed by atoms with Crippen molar-refractivity contribution in [3.8, 4) is 0 Å². The molecule has 1 aliphatic heterocycles. The molecule has 1 saturated heterocycles. The average Bonchev–Trinajstić information content (AvgIpc) is 2.52. The van der Waals surface area contributed by atoms with E-state index in [1.54, 1.807) is 0 Å². The topological polar surface area (TPSA) is 58.6 Å². The first-order valence-corrected chi connectivity index (χ1v) is 9.10. The van der Waals surface area contributed by atoms with Crippen molar-refractivity contribution in [1.82, 2.24) is 10.2 Å². The highest BCUT2D eigenvalue weighted by Gasteiger charge is 2.25. The minimum absolute atomic E-state index is 0.0341. The lowest BCUT2D eigenvalue weighted by Gasteiger charge is -2.34. The standard InChI is InChI=1S/C18H25BrN2O3/c1-13-6-14(2)10-21(9-13)18(23)12-24-11-17(22)20-8-15-4-3-5-16(19)7-15/h3-5,7,13-14H,6,8-12H2,1-2H3,(H,20,22). The summed E-state index contributed by atoms with van der Waals surface area (Å²) in [6.45, 7) is 6.18. The largest absolute Gasteiger partial charge is 0.362 e. The Labute approximate surface area is 151 Å². The van der Waals surface area contributed by atoms with Crippen molar-refractivity contribution >= 4 is 27.7 Å². The molecule has 1 aromatic rings. The summed E-state index contributed by atoms with van der Waals surface area (Å²) in [4.78, 5) is 25.8. The van der Waals surface area contributed by atoms with Crippen LogP contribution in [0.4, 0.5) is 0 Å². The molecule has 1 aromatic carbocycles. The lowest BCUT2D eigenvalue weighted by Crippen LogP contribution is -2.44. The van der Waals surface area contributed by atoms with E-state index in [2.05, 4.69) is 35.1 Å². The highest BCUT2D eigenvalue weighted by atomic mass is 79.9. The van der Waals surface area contributed by atoms with Gasteiger partial charge in [-0.05, 0) is 36.0 Å². The van der Waals surface area contributed by atoms with Gasteiger partial charge in [0, 0.05) is 24.1 Å². The van der Waals surface area contributed by atoms with Crippen LogP contribution in [0.5, 0.6) is 0 Å². The van der Waals surface area contributed by atoms with Crippen molar-refractivity contribution < 1.29 is 14.3 Å². The summed E-state index contributed by atoms with van der Waals surface area (Å²) in [5.41, 5.74) is 1.00. The summed E-state index contributed by atoms with van der Waals surface area (Å²) in [6, 6.07) is 7.74. The number of carbonyl (C=O) groups excluding carboxylic acids is 2. The van der Waals surface area contributed by atoms with Crippen LogP contribution in [-0.4, -0.2) is 43.0 Å². The number of amides is 2. The number of benzene rings is 1. The van der Waals surface area contributed by atoms with Crippen LogP contribution in [-0.2, 0) is 20.9 Å². The van der Waals surface area contributed by atoms with Crippen molar-refractivity contribution in [3.05, 3.63) is 34.3 Å². The molecule has 0 spiro atoms. The number of nitrogens with zero attached hydrogens (tertiary/aromatic N) is 1. The lowest BCUT2D eigenvalue weighted by atomic mass is 9.92. The van der Waals surface area contributed by atoms with Gasteiger partial charge in [0.2, 0.25) is 11.8 Å². The van der Waals surface area contributed by atoms with Crippen molar-refractivity contribution in [2.75, 3.05) is 26.3 Å². The minimum Gasteiger partial charge on any atom is -0.362 e. The van der Waals surface area contributed by atoms with Crippen LogP contribution in [0.2, 0.25) is 0 Å². The quantitative estimate of drug-likeness (QED) is 0.803. The molecule has 0 bridgehead atoms. The number of hydrogen-bond donors (Lipinski definition) is 1. The number of piperidine rings is 1. The van der Waals surface area contributed by atoms with E-state index in [1.807, 2.05) is 29.2 Å². The third-order valence-electron chi connectivity index (χ3n) is 4.06. The molecule has 132 valence electrons. The molecule has 2 amide bonds. The Balaban J connectivity index is 1.66. The third-order valence-corrected chi connectivity index (χ3v) is 4.55. The smallest absolute Gasteiger partial charge is 0.248 e. The molecule has 0 saturated carbocycles. The van der Waals surface area contributed by atoms with E-state index >= 15 is 0 Å². The van der Waals surface area contributed by atoms with Crippen LogP contribution in [0.1, 0.15) is 25.8 Å². The first kappa shape index (κ1) is 18.9. The van der Waals surface area contributed by atoms with Crippen LogP contribution < -0.4 is 5.32 Å². The summed E-state index contributed by atoms with van der Waals surface area (Å²) in [6.07, 6.45) is 1.16. The van der Waals surface area contributed by atoms with Crippen LogP contribution >= 0.6 is 15.9 Å². The Hall–Kier alpha value is -1.40. The SMILES string of the molecule is CC1CC(C)CN(C(=O)COCC(=O)NCc2cccc(Br)c2)C1. The molecule has 1 heterocycles. The molecule has 5 nitrogen and oxygen atoms in total. The van der Waals surface area contributed by atoms with Gasteiger partial charge in [0.15, 0.2) is 0 Å². The Kier molecular flexibility index (Phi) is 7.24. The van der Waals surface area contributed by atoms with E-state index < -0.39 is 0 Å². The molecule has 1 aliphatic rings. The van der Waals surface area contributed by atoms with Gasteiger partial charge in [0.1, 0.15) is 13.2 Å². The van der Waals surface area contributed by atoms with E-state index in [1.165, 1.54) is 0 Å². The first-order valence-electron chi connectivity index (χ1n) is 8.30. The summed E-state index contributed by atoms with van der Waals surface area (Å²) >= 11 is 3.39. The second kappa shape index (κ2) is 9.18. The summed E-state index contributed by atoms with van der Waals surface area (Å²) < 4.78 is 6.25. The van der Waals surface area contributed by atoms with Gasteiger partial charge in [-0.3, -0.25) is 9.59 Å². The van der Waals surface area contributed by atoms with Crippen molar-refractivity contribution in [2.24, 2.45) is 11.8 Å². The zero-order valence-electron chi connectivity index (χ0n) is 14.3. The number of rotatable bonds is 6. The second-order valence-corrected chi connectivity index (χ2v) is 7.56. The van der Waals surface area contributed by atoms with Crippen molar-refractivity contribution in [3.63, 3.8) is 0 Å². The van der Waals surface area contributed by atoms with Gasteiger partial charge < -0.3 is 15.0 Å². The fourth-order valence-corrected chi connectivity index (χ4v) is 3.53. The third kappa shape index (κ3) is 6.24. The molecule has 0 radical (unpaired) electrons. The number of halogens is 1. The highest BCUT2D eigenvalue weighted by Crippen LogP contribution is 2.20. The van der Waals surface area contributed by atoms with E-state index in [0.717, 1.165) is 29.5 Å². The van der Waals surface area contributed by atoms with Gasteiger partial charge >= 0.3 is 0 Å². The molecule has 1 fully saturated rings. The number of carbonyl (C=O) groups is 2. The number of ether oxygens (including phenoxy) is 1. The fraction of sp³-hybridized carbons (Fsp3) is 0.556. The van der Waals surface area contributed by atoms with Crippen molar-refractivity contribution in [1.29, 1.82) is 0 Å². The van der Waals surface area contributed by atoms with Gasteiger partial charge in [0.05, 0.1) is 0 Å². The van der Waals surface area contributed by atoms with E-state index in [4.69, 9.17) is 4.74 Å². The second-order valence-electron chi connectivity index (χ2n) is 6.64. The fourth-order valence-electron chi connectivity index (χ4n) is 3.09. The molecule has 24 heavy (non-hydrogen) atoms. The minimum atomic E-state index is -0.219. The van der Waals surface area contributed by atoms with Crippen LogP contribution in [0, 0.1) is 11.8 Å². The lowest BCUT2D eigenvalue weighted by molar-refractivity contribution is -0.140. The maximum Gasteiger partial charge on any atom is 0.248 e. The Morgan fingerprint density at radius 1 is 1.25 bits per heavy atom. The predicted molar refractivity (Wildman–Crippen MR) is 96.3 cm³/mol. The van der Waals surface area contributed by atoms with Gasteiger partial charge in [-0.1, -0.05) is 41.9 Å². The predicted octanol–water partition coefficient (Wildman–Crippen LogP) is 2.59. The van der Waals surface area contributed by atoms with Gasteiger partial charge in [0.25, 0.3) is 0 Å². The molecular formula is C18H25BrN2O3. The summed E-state index contributed by atoms with van der Waals surface area (Å²) in [5, 5.41) is 2.78. The molecule has 2 rings (SSSR count). The molecule has 0 aliphatic carbocycles. The molecular weight excluding hydrogens is 372 g/mol. The summed E-state index contributed by atoms with van der Waals surface area (Å²) in [5.74, 6) is 0.786. The van der Waals surface area contributed by atoms with Crippen LogP contribution in [0.25, 0.3) is 0 Å². The highest BCUT2D eigenvalue weighted by molar-refractivity contribution is 9.10.